The summed E-state index contributed by atoms with van der Waals surface area (Å²) in [6.07, 6.45) is 0. The highest BCUT2D eigenvalue weighted by molar-refractivity contribution is 6.52. The van der Waals surface area contributed by atoms with Crippen LogP contribution in [0.15, 0.2) is 60.2 Å². The van der Waals surface area contributed by atoms with Crippen molar-refractivity contribution in [3.63, 3.8) is 0 Å². The lowest BCUT2D eigenvalue weighted by molar-refractivity contribution is -0.132. The number of ether oxygens (including phenoxy) is 3. The largest absolute Gasteiger partial charge is 0.507 e. The standard InChI is InChI=1S/C26H20Cl2FNO6/c1-34-19-9-5-13(10-21(19)36-3)23-22(24(31)14-4-7-16(27)20(11-14)35-2)25(32)26(33)30(23)15-6-8-18(29)17(28)12-15/h4-12,23,31H,1-3H3/b24-22+. The molecule has 0 radical (unpaired) electrons. The van der Waals surface area contributed by atoms with E-state index in [1.165, 1.54) is 51.7 Å². The van der Waals surface area contributed by atoms with Crippen LogP contribution in [-0.4, -0.2) is 38.1 Å². The van der Waals surface area contributed by atoms with Crippen molar-refractivity contribution in [1.82, 2.24) is 0 Å². The number of nitrogens with zero attached hydrogens (tertiary/aromatic N) is 1. The zero-order valence-electron chi connectivity index (χ0n) is 19.3. The maximum Gasteiger partial charge on any atom is 0.300 e. The van der Waals surface area contributed by atoms with Crippen molar-refractivity contribution in [1.29, 1.82) is 0 Å². The van der Waals surface area contributed by atoms with Crippen molar-refractivity contribution < 1.29 is 33.3 Å². The molecule has 1 amide bonds. The van der Waals surface area contributed by atoms with Crippen molar-refractivity contribution in [3.8, 4) is 17.2 Å². The Morgan fingerprint density at radius 2 is 1.56 bits per heavy atom. The number of methoxy groups -OCH3 is 3. The fourth-order valence-corrected chi connectivity index (χ4v) is 4.40. The van der Waals surface area contributed by atoms with Gasteiger partial charge in [-0.1, -0.05) is 29.3 Å². The van der Waals surface area contributed by atoms with Gasteiger partial charge in [0.25, 0.3) is 11.7 Å². The number of amides is 1. The molecule has 0 spiro atoms. The SMILES string of the molecule is COc1cc(/C(O)=C2\C(=O)C(=O)N(c3ccc(F)c(Cl)c3)C2c2ccc(OC)c(OC)c2)ccc1Cl. The normalized spacial score (nSPS) is 16.8. The second-order valence-corrected chi connectivity index (χ2v) is 8.55. The first kappa shape index (κ1) is 25.3. The van der Waals surface area contributed by atoms with Crippen molar-refractivity contribution in [2.45, 2.75) is 6.04 Å². The summed E-state index contributed by atoms with van der Waals surface area (Å²) in [7, 11) is 4.32. The summed E-state index contributed by atoms with van der Waals surface area (Å²) >= 11 is 12.1. The first-order valence-electron chi connectivity index (χ1n) is 10.5. The fraction of sp³-hybridized carbons (Fsp3) is 0.154. The minimum Gasteiger partial charge on any atom is -0.507 e. The monoisotopic (exact) mass is 531 g/mol. The molecule has 3 aromatic rings. The number of Topliss-reactive ketones (excluding diaryl/α,β-unsaturated/α-hetero) is 1. The Hall–Kier alpha value is -3.75. The molecule has 0 saturated carbocycles. The number of rotatable bonds is 6. The third-order valence-electron chi connectivity index (χ3n) is 5.77. The van der Waals surface area contributed by atoms with Crippen LogP contribution in [0.25, 0.3) is 5.76 Å². The number of hydrogen-bond donors (Lipinski definition) is 1. The summed E-state index contributed by atoms with van der Waals surface area (Å²) in [5.41, 5.74) is 0.597. The lowest BCUT2D eigenvalue weighted by atomic mass is 9.94. The van der Waals surface area contributed by atoms with Gasteiger partial charge in [-0.05, 0) is 54.1 Å². The van der Waals surface area contributed by atoms with Crippen LogP contribution in [-0.2, 0) is 9.59 Å². The summed E-state index contributed by atoms with van der Waals surface area (Å²) in [4.78, 5) is 27.7. The van der Waals surface area contributed by atoms with Gasteiger partial charge in [0.15, 0.2) is 11.5 Å². The zero-order valence-corrected chi connectivity index (χ0v) is 20.9. The van der Waals surface area contributed by atoms with Gasteiger partial charge < -0.3 is 19.3 Å². The van der Waals surface area contributed by atoms with E-state index in [-0.39, 0.29) is 27.6 Å². The second kappa shape index (κ2) is 10.1. The summed E-state index contributed by atoms with van der Waals surface area (Å²) in [6.45, 7) is 0. The summed E-state index contributed by atoms with van der Waals surface area (Å²) in [5.74, 6) is -1.98. The van der Waals surface area contributed by atoms with Gasteiger partial charge in [-0.2, -0.15) is 0 Å². The fourth-order valence-electron chi connectivity index (χ4n) is 4.03. The molecule has 3 aromatic carbocycles. The van der Waals surface area contributed by atoms with Crippen LogP contribution in [0.4, 0.5) is 10.1 Å². The number of anilines is 1. The van der Waals surface area contributed by atoms with Gasteiger partial charge in [0.05, 0.1) is 43.0 Å². The predicted molar refractivity (Wildman–Crippen MR) is 134 cm³/mol. The van der Waals surface area contributed by atoms with Crippen molar-refractivity contribution in [2.75, 3.05) is 26.2 Å². The van der Waals surface area contributed by atoms with E-state index in [2.05, 4.69) is 0 Å². The zero-order chi connectivity index (χ0) is 26.1. The first-order chi connectivity index (χ1) is 17.2. The van der Waals surface area contributed by atoms with Gasteiger partial charge in [-0.3, -0.25) is 14.5 Å². The molecule has 1 saturated heterocycles. The van der Waals surface area contributed by atoms with E-state index in [4.69, 9.17) is 37.4 Å². The number of carbonyl (C=O) groups excluding carboxylic acids is 2. The molecule has 1 aliphatic heterocycles. The van der Waals surface area contributed by atoms with E-state index in [9.17, 15) is 19.1 Å². The second-order valence-electron chi connectivity index (χ2n) is 7.73. The summed E-state index contributed by atoms with van der Waals surface area (Å²) in [6, 6.07) is 11.8. The van der Waals surface area contributed by atoms with Crippen molar-refractivity contribution >= 4 is 46.3 Å². The Kier molecular flexibility index (Phi) is 7.10. The molecule has 1 fully saturated rings. The van der Waals surface area contributed by atoms with E-state index >= 15 is 0 Å². The number of carbonyl (C=O) groups is 2. The van der Waals surface area contributed by atoms with Crippen LogP contribution >= 0.6 is 23.2 Å². The number of hydrogen-bond acceptors (Lipinski definition) is 6. The Bertz CT molecular complexity index is 1410. The van der Waals surface area contributed by atoms with E-state index in [1.54, 1.807) is 18.2 Å². The third kappa shape index (κ3) is 4.34. The smallest absolute Gasteiger partial charge is 0.300 e. The quantitative estimate of drug-likeness (QED) is 0.246. The number of aliphatic hydroxyl groups excluding tert-OH is 1. The maximum absolute atomic E-state index is 13.9. The molecule has 1 unspecified atom stereocenters. The predicted octanol–water partition coefficient (Wildman–Crippen LogP) is 5.78. The molecule has 4 rings (SSSR count). The van der Waals surface area contributed by atoms with Gasteiger partial charge in [-0.25, -0.2) is 4.39 Å². The van der Waals surface area contributed by atoms with Crippen molar-refractivity contribution in [3.05, 3.63) is 87.2 Å². The highest BCUT2D eigenvalue weighted by Crippen LogP contribution is 2.45. The first-order valence-corrected chi connectivity index (χ1v) is 11.3. The molecule has 36 heavy (non-hydrogen) atoms. The Balaban J connectivity index is 1.99. The molecule has 0 bridgehead atoms. The van der Waals surface area contributed by atoms with E-state index in [0.29, 0.717) is 22.1 Å². The highest BCUT2D eigenvalue weighted by Gasteiger charge is 2.47. The average molecular weight is 532 g/mol. The lowest BCUT2D eigenvalue weighted by Crippen LogP contribution is -2.29. The molecule has 10 heteroatoms. The van der Waals surface area contributed by atoms with Gasteiger partial charge >= 0.3 is 0 Å². The molecule has 1 heterocycles. The topological polar surface area (TPSA) is 85.3 Å². The number of halogens is 3. The number of ketones is 1. The van der Waals surface area contributed by atoms with Crippen LogP contribution < -0.4 is 19.1 Å². The van der Waals surface area contributed by atoms with Crippen molar-refractivity contribution in [2.24, 2.45) is 0 Å². The number of benzene rings is 3. The van der Waals surface area contributed by atoms with Crippen LogP contribution in [0.1, 0.15) is 17.2 Å². The van der Waals surface area contributed by atoms with E-state index in [1.807, 2.05) is 0 Å². The summed E-state index contributed by atoms with van der Waals surface area (Å²) in [5, 5.41) is 11.3. The van der Waals surface area contributed by atoms with Crippen LogP contribution in [0.2, 0.25) is 10.0 Å². The molecule has 0 aliphatic carbocycles. The third-order valence-corrected chi connectivity index (χ3v) is 6.38. The van der Waals surface area contributed by atoms with Gasteiger partial charge in [-0.15, -0.1) is 0 Å². The van der Waals surface area contributed by atoms with Gasteiger partial charge in [0, 0.05) is 11.3 Å². The van der Waals surface area contributed by atoms with Gasteiger partial charge in [0.1, 0.15) is 17.3 Å². The average Bonchev–Trinajstić information content (AvgIpc) is 3.15. The Morgan fingerprint density at radius 1 is 0.861 bits per heavy atom. The Morgan fingerprint density at radius 3 is 2.19 bits per heavy atom. The minimum absolute atomic E-state index is 0.163. The van der Waals surface area contributed by atoms with E-state index < -0.39 is 29.3 Å². The molecule has 1 N–H and O–H groups in total. The molecule has 0 aromatic heterocycles. The molecule has 186 valence electrons. The minimum atomic E-state index is -1.10. The molecule has 1 aliphatic rings. The van der Waals surface area contributed by atoms with Gasteiger partial charge in [0.2, 0.25) is 0 Å². The summed E-state index contributed by atoms with van der Waals surface area (Å²) < 4.78 is 29.8. The molecule has 1 atom stereocenters. The lowest BCUT2D eigenvalue weighted by Gasteiger charge is -2.26. The Labute approximate surface area is 216 Å². The van der Waals surface area contributed by atoms with Crippen LogP contribution in [0.3, 0.4) is 0 Å². The highest BCUT2D eigenvalue weighted by atomic mass is 35.5. The maximum atomic E-state index is 13.9. The molecular weight excluding hydrogens is 512 g/mol. The molecular formula is C26H20Cl2FNO6. The molecule has 7 nitrogen and oxygen atoms in total. The van der Waals surface area contributed by atoms with E-state index in [0.717, 1.165) is 11.0 Å². The van der Waals surface area contributed by atoms with Crippen LogP contribution in [0, 0.1) is 5.82 Å². The van der Waals surface area contributed by atoms with Crippen LogP contribution in [0.5, 0.6) is 17.2 Å². The number of aliphatic hydroxyl groups is 1.